The Hall–Kier alpha value is -1.59. The summed E-state index contributed by atoms with van der Waals surface area (Å²) in [6.45, 7) is 1.55. The van der Waals surface area contributed by atoms with Gasteiger partial charge in [-0.1, -0.05) is 17.7 Å². The zero-order valence-electron chi connectivity index (χ0n) is 10.5. The Kier molecular flexibility index (Phi) is 4.07. The number of benzene rings is 1. The average Bonchev–Trinajstić information content (AvgIpc) is 2.78. The average molecular weight is 283 g/mol. The van der Waals surface area contributed by atoms with Crippen LogP contribution >= 0.6 is 11.6 Å². The van der Waals surface area contributed by atoms with Crippen molar-refractivity contribution in [3.05, 3.63) is 28.8 Å². The van der Waals surface area contributed by atoms with Crippen molar-refractivity contribution < 1.29 is 14.7 Å². The first-order chi connectivity index (χ1) is 8.99. The van der Waals surface area contributed by atoms with Gasteiger partial charge in [-0.2, -0.15) is 0 Å². The fourth-order valence-electron chi connectivity index (χ4n) is 2.20. The van der Waals surface area contributed by atoms with Gasteiger partial charge in [-0.05, 0) is 32.1 Å². The van der Waals surface area contributed by atoms with Gasteiger partial charge in [0.2, 0.25) is 5.91 Å². The van der Waals surface area contributed by atoms with Gasteiger partial charge in [0.15, 0.2) is 0 Å². The third-order valence-corrected chi connectivity index (χ3v) is 3.57. The molecule has 5 nitrogen and oxygen atoms in total. The Balaban J connectivity index is 2.19. The van der Waals surface area contributed by atoms with Gasteiger partial charge in [-0.25, -0.2) is 4.79 Å². The van der Waals surface area contributed by atoms with Crippen LogP contribution in [0, 0.1) is 5.92 Å². The molecule has 1 heterocycles. The Morgan fingerprint density at radius 1 is 1.47 bits per heavy atom. The van der Waals surface area contributed by atoms with Crippen LogP contribution in [0.4, 0.5) is 5.69 Å². The van der Waals surface area contributed by atoms with Crippen LogP contribution in [0.2, 0.25) is 5.02 Å². The summed E-state index contributed by atoms with van der Waals surface area (Å²) in [5.41, 5.74) is 0.184. The predicted octanol–water partition coefficient (Wildman–Crippen LogP) is 1.93. The molecule has 0 saturated carbocycles. The molecular weight excluding hydrogens is 268 g/mol. The number of amides is 1. The predicted molar refractivity (Wildman–Crippen MR) is 72.6 cm³/mol. The molecular formula is C13H15ClN2O3. The number of rotatable bonds is 3. The summed E-state index contributed by atoms with van der Waals surface area (Å²) in [5.74, 6) is -1.41. The summed E-state index contributed by atoms with van der Waals surface area (Å²) in [5, 5.41) is 12.0. The van der Waals surface area contributed by atoms with E-state index in [2.05, 4.69) is 10.2 Å². The first-order valence-corrected chi connectivity index (χ1v) is 6.38. The van der Waals surface area contributed by atoms with E-state index in [1.165, 1.54) is 6.07 Å². The van der Waals surface area contributed by atoms with Gasteiger partial charge in [0.25, 0.3) is 0 Å². The van der Waals surface area contributed by atoms with E-state index in [0.717, 1.165) is 13.0 Å². The fourth-order valence-corrected chi connectivity index (χ4v) is 2.43. The van der Waals surface area contributed by atoms with E-state index in [0.29, 0.717) is 6.54 Å². The van der Waals surface area contributed by atoms with Crippen LogP contribution in [0.1, 0.15) is 16.8 Å². The summed E-state index contributed by atoms with van der Waals surface area (Å²) in [7, 11) is 1.95. The van der Waals surface area contributed by atoms with E-state index in [1.54, 1.807) is 12.1 Å². The highest BCUT2D eigenvalue weighted by Crippen LogP contribution is 2.27. The number of nitrogens with zero attached hydrogens (tertiary/aromatic N) is 1. The van der Waals surface area contributed by atoms with E-state index >= 15 is 0 Å². The molecule has 1 aliphatic rings. The molecule has 2 rings (SSSR count). The second-order valence-electron chi connectivity index (χ2n) is 4.70. The maximum Gasteiger partial charge on any atom is 0.337 e. The standard InChI is InChI=1S/C13H15ClN2O3/c1-16-6-5-8(7-16)12(17)15-11-9(13(18)19)3-2-4-10(11)14/h2-4,8H,5-7H2,1H3,(H,15,17)(H,18,19). The van der Waals surface area contributed by atoms with Gasteiger partial charge in [-0.3, -0.25) is 4.79 Å². The van der Waals surface area contributed by atoms with E-state index in [1.807, 2.05) is 7.05 Å². The van der Waals surface area contributed by atoms with Crippen molar-refractivity contribution in [2.75, 3.05) is 25.5 Å². The van der Waals surface area contributed by atoms with Gasteiger partial charge in [-0.15, -0.1) is 0 Å². The number of carbonyl (C=O) groups is 2. The van der Waals surface area contributed by atoms with Crippen molar-refractivity contribution in [2.45, 2.75) is 6.42 Å². The molecule has 1 saturated heterocycles. The smallest absolute Gasteiger partial charge is 0.337 e. The van der Waals surface area contributed by atoms with Gasteiger partial charge in [0, 0.05) is 6.54 Å². The van der Waals surface area contributed by atoms with Crippen LogP contribution < -0.4 is 5.32 Å². The lowest BCUT2D eigenvalue weighted by atomic mass is 10.1. The fraction of sp³-hybridized carbons (Fsp3) is 0.385. The second-order valence-corrected chi connectivity index (χ2v) is 5.11. The number of carbonyl (C=O) groups excluding carboxylic acids is 1. The molecule has 19 heavy (non-hydrogen) atoms. The molecule has 6 heteroatoms. The zero-order valence-corrected chi connectivity index (χ0v) is 11.3. The molecule has 0 bridgehead atoms. The van der Waals surface area contributed by atoms with Gasteiger partial charge < -0.3 is 15.3 Å². The largest absolute Gasteiger partial charge is 0.478 e. The lowest BCUT2D eigenvalue weighted by Gasteiger charge is -2.14. The number of carboxylic acids is 1. The van der Waals surface area contributed by atoms with Gasteiger partial charge in [0.05, 0.1) is 22.2 Å². The molecule has 2 N–H and O–H groups in total. The number of anilines is 1. The number of hydrogen-bond acceptors (Lipinski definition) is 3. The second kappa shape index (κ2) is 5.59. The van der Waals surface area contributed by atoms with Crippen molar-refractivity contribution in [1.82, 2.24) is 4.90 Å². The van der Waals surface area contributed by atoms with Crippen molar-refractivity contribution in [1.29, 1.82) is 0 Å². The molecule has 0 aliphatic carbocycles. The van der Waals surface area contributed by atoms with Crippen molar-refractivity contribution >= 4 is 29.2 Å². The van der Waals surface area contributed by atoms with Crippen LogP contribution in [0.3, 0.4) is 0 Å². The van der Waals surface area contributed by atoms with Crippen LogP contribution in [0.25, 0.3) is 0 Å². The quantitative estimate of drug-likeness (QED) is 0.889. The summed E-state index contributed by atoms with van der Waals surface area (Å²) in [6.07, 6.45) is 0.773. The number of carboxylic acid groups (broad SMARTS) is 1. The minimum Gasteiger partial charge on any atom is -0.478 e. The monoisotopic (exact) mass is 282 g/mol. The zero-order chi connectivity index (χ0) is 14.0. The lowest BCUT2D eigenvalue weighted by molar-refractivity contribution is -0.119. The van der Waals surface area contributed by atoms with Crippen molar-refractivity contribution in [3.8, 4) is 0 Å². The minimum atomic E-state index is -1.11. The van der Waals surface area contributed by atoms with E-state index < -0.39 is 5.97 Å². The molecule has 1 aliphatic heterocycles. The van der Waals surface area contributed by atoms with Gasteiger partial charge in [0.1, 0.15) is 0 Å². The maximum absolute atomic E-state index is 12.1. The number of aromatic carboxylic acids is 1. The van der Waals surface area contributed by atoms with Crippen LogP contribution in [-0.2, 0) is 4.79 Å². The summed E-state index contributed by atoms with van der Waals surface area (Å²) in [6, 6.07) is 4.53. The number of nitrogens with one attached hydrogen (secondary N) is 1. The third-order valence-electron chi connectivity index (χ3n) is 3.25. The highest BCUT2D eigenvalue weighted by Gasteiger charge is 2.27. The molecule has 0 spiro atoms. The summed E-state index contributed by atoms with van der Waals surface area (Å²) >= 11 is 5.96. The molecule has 1 unspecified atom stereocenters. The molecule has 0 aromatic heterocycles. The Bertz CT molecular complexity index is 519. The molecule has 1 aromatic carbocycles. The van der Waals surface area contributed by atoms with E-state index in [4.69, 9.17) is 16.7 Å². The number of hydrogen-bond donors (Lipinski definition) is 2. The SMILES string of the molecule is CN1CCC(C(=O)Nc2c(Cl)cccc2C(=O)O)C1. The minimum absolute atomic E-state index is 0.00667. The van der Waals surface area contributed by atoms with Crippen LogP contribution in [-0.4, -0.2) is 42.0 Å². The topological polar surface area (TPSA) is 69.6 Å². The molecule has 1 amide bonds. The first-order valence-electron chi connectivity index (χ1n) is 6.00. The van der Waals surface area contributed by atoms with Gasteiger partial charge >= 0.3 is 5.97 Å². The summed E-state index contributed by atoms with van der Waals surface area (Å²) in [4.78, 5) is 25.3. The van der Waals surface area contributed by atoms with E-state index in [9.17, 15) is 9.59 Å². The molecule has 1 atom stereocenters. The lowest BCUT2D eigenvalue weighted by Crippen LogP contribution is -2.26. The van der Waals surface area contributed by atoms with Crippen molar-refractivity contribution in [2.24, 2.45) is 5.92 Å². The maximum atomic E-state index is 12.1. The molecule has 102 valence electrons. The Morgan fingerprint density at radius 3 is 2.79 bits per heavy atom. The van der Waals surface area contributed by atoms with Crippen LogP contribution in [0.15, 0.2) is 18.2 Å². The third kappa shape index (κ3) is 3.05. The highest BCUT2D eigenvalue weighted by molar-refractivity contribution is 6.34. The van der Waals surface area contributed by atoms with Crippen LogP contribution in [0.5, 0.6) is 0 Å². The van der Waals surface area contributed by atoms with E-state index in [-0.39, 0.29) is 28.1 Å². The number of likely N-dealkylation sites (tertiary alicyclic amines) is 1. The highest BCUT2D eigenvalue weighted by atomic mass is 35.5. The molecule has 1 fully saturated rings. The normalized spacial score (nSPS) is 19.4. The number of halogens is 1. The molecule has 0 radical (unpaired) electrons. The first kappa shape index (κ1) is 13.8. The van der Waals surface area contributed by atoms with Crippen molar-refractivity contribution in [3.63, 3.8) is 0 Å². The molecule has 1 aromatic rings. The number of para-hydroxylation sites is 1. The Labute approximate surface area is 116 Å². The Morgan fingerprint density at radius 2 is 2.21 bits per heavy atom. The summed E-state index contributed by atoms with van der Waals surface area (Å²) < 4.78 is 0.